The molecule has 26 heavy (non-hydrogen) atoms. The van der Waals surface area contributed by atoms with Gasteiger partial charge in [0.1, 0.15) is 0 Å². The van der Waals surface area contributed by atoms with Gasteiger partial charge in [0.25, 0.3) is 0 Å². The molecule has 0 N–H and O–H groups in total. The molecular weight excluding hydrogens is 324 g/mol. The van der Waals surface area contributed by atoms with Gasteiger partial charge in [-0.05, 0) is 12.8 Å². The average Bonchev–Trinajstić information content (AvgIpc) is 2.64. The third kappa shape index (κ3) is 21.3. The largest absolute Gasteiger partial charge is 0.508 e. The predicted molar refractivity (Wildman–Crippen MR) is 112 cm³/mol. The summed E-state index contributed by atoms with van der Waals surface area (Å²) in [6.45, 7) is 5.51. The molecule has 0 aliphatic carbocycles. The molecule has 0 saturated carbocycles. The molecule has 0 spiro atoms. The number of carbonyl (C=O) groups is 1. The third-order valence-electron chi connectivity index (χ3n) is 4.94. The first kappa shape index (κ1) is 25.3. The highest BCUT2D eigenvalue weighted by molar-refractivity contribution is 5.59. The molecule has 0 bridgehead atoms. The quantitative estimate of drug-likeness (QED) is 0.160. The van der Waals surface area contributed by atoms with E-state index in [0.717, 1.165) is 25.7 Å². The number of hydrogen-bond acceptors (Lipinski definition) is 3. The van der Waals surface area contributed by atoms with E-state index >= 15 is 0 Å². The van der Waals surface area contributed by atoms with Crippen molar-refractivity contribution in [3.63, 3.8) is 0 Å². The summed E-state index contributed by atoms with van der Waals surface area (Å²) >= 11 is 0. The molecular formula is C23H46O3. The van der Waals surface area contributed by atoms with Gasteiger partial charge in [0.2, 0.25) is 0 Å². The fourth-order valence-electron chi connectivity index (χ4n) is 3.18. The van der Waals surface area contributed by atoms with E-state index in [4.69, 9.17) is 9.47 Å². The van der Waals surface area contributed by atoms with Crippen LogP contribution in [0.5, 0.6) is 0 Å². The molecule has 0 aromatic heterocycles. The van der Waals surface area contributed by atoms with Gasteiger partial charge in [0.05, 0.1) is 13.2 Å². The number of hydrogen-bond donors (Lipinski definition) is 0. The van der Waals surface area contributed by atoms with Crippen molar-refractivity contribution in [2.45, 2.75) is 129 Å². The summed E-state index contributed by atoms with van der Waals surface area (Å²) in [6, 6.07) is 0. The van der Waals surface area contributed by atoms with Crippen LogP contribution in [0.4, 0.5) is 4.79 Å². The van der Waals surface area contributed by atoms with Gasteiger partial charge < -0.3 is 9.47 Å². The Kier molecular flexibility index (Phi) is 21.7. The molecule has 0 aromatic carbocycles. The van der Waals surface area contributed by atoms with Crippen molar-refractivity contribution in [2.75, 3.05) is 13.2 Å². The molecule has 0 aliphatic heterocycles. The zero-order valence-electron chi connectivity index (χ0n) is 17.9. The van der Waals surface area contributed by atoms with Crippen LogP contribution in [0, 0.1) is 0 Å². The van der Waals surface area contributed by atoms with E-state index < -0.39 is 6.16 Å². The van der Waals surface area contributed by atoms with Gasteiger partial charge >= 0.3 is 6.16 Å². The van der Waals surface area contributed by atoms with Crippen molar-refractivity contribution in [2.24, 2.45) is 0 Å². The highest BCUT2D eigenvalue weighted by atomic mass is 16.7. The van der Waals surface area contributed by atoms with E-state index in [-0.39, 0.29) is 0 Å². The minimum atomic E-state index is -0.483. The summed E-state index contributed by atoms with van der Waals surface area (Å²) in [6.07, 6.45) is 22.4. The molecule has 0 fully saturated rings. The monoisotopic (exact) mass is 370 g/mol. The van der Waals surface area contributed by atoms with Crippen molar-refractivity contribution >= 4 is 6.16 Å². The van der Waals surface area contributed by atoms with Crippen molar-refractivity contribution in [1.82, 2.24) is 0 Å². The number of carbonyl (C=O) groups excluding carboxylic acids is 1. The lowest BCUT2D eigenvalue weighted by Gasteiger charge is -2.06. The highest BCUT2D eigenvalue weighted by Crippen LogP contribution is 2.11. The first-order valence-electron chi connectivity index (χ1n) is 11.6. The van der Waals surface area contributed by atoms with Crippen molar-refractivity contribution in [1.29, 1.82) is 0 Å². The molecule has 0 amide bonds. The molecule has 0 aliphatic rings. The van der Waals surface area contributed by atoms with Crippen LogP contribution < -0.4 is 0 Å². The molecule has 0 unspecified atom stereocenters. The average molecular weight is 371 g/mol. The minimum absolute atomic E-state index is 0.483. The van der Waals surface area contributed by atoms with Gasteiger partial charge in [-0.3, -0.25) is 0 Å². The summed E-state index contributed by atoms with van der Waals surface area (Å²) < 4.78 is 10.2. The van der Waals surface area contributed by atoms with Gasteiger partial charge in [-0.2, -0.15) is 0 Å². The minimum Gasteiger partial charge on any atom is -0.434 e. The zero-order chi connectivity index (χ0) is 19.1. The summed E-state index contributed by atoms with van der Waals surface area (Å²) in [4.78, 5) is 11.5. The molecule has 0 saturated heterocycles. The van der Waals surface area contributed by atoms with E-state index in [1.165, 1.54) is 89.9 Å². The maximum atomic E-state index is 11.5. The Bertz CT molecular complexity index is 279. The van der Waals surface area contributed by atoms with E-state index in [2.05, 4.69) is 13.8 Å². The smallest absolute Gasteiger partial charge is 0.434 e. The second-order valence-corrected chi connectivity index (χ2v) is 7.60. The lowest BCUT2D eigenvalue weighted by atomic mass is 10.1. The number of rotatable bonds is 20. The number of unbranched alkanes of at least 4 members (excludes halogenated alkanes) is 16. The van der Waals surface area contributed by atoms with E-state index in [9.17, 15) is 4.79 Å². The maximum Gasteiger partial charge on any atom is 0.508 e. The van der Waals surface area contributed by atoms with Gasteiger partial charge in [-0.25, -0.2) is 4.79 Å². The molecule has 3 heteroatoms. The van der Waals surface area contributed by atoms with Crippen LogP contribution in [0.1, 0.15) is 129 Å². The van der Waals surface area contributed by atoms with Crippen LogP contribution in [-0.2, 0) is 9.47 Å². The molecule has 3 nitrogen and oxygen atoms in total. The molecule has 156 valence electrons. The second kappa shape index (κ2) is 22.3. The summed E-state index contributed by atoms with van der Waals surface area (Å²) in [5.41, 5.74) is 0. The van der Waals surface area contributed by atoms with Crippen LogP contribution in [0.25, 0.3) is 0 Å². The summed E-state index contributed by atoms with van der Waals surface area (Å²) in [5, 5.41) is 0. The Hall–Kier alpha value is -0.730. The van der Waals surface area contributed by atoms with Gasteiger partial charge in [0, 0.05) is 0 Å². The predicted octanol–water partition coefficient (Wildman–Crippen LogP) is 8.20. The SMILES string of the molecule is CCCCCCCCCCCCOC(=O)OCCCCCCCCCC. The lowest BCUT2D eigenvalue weighted by Crippen LogP contribution is -2.09. The van der Waals surface area contributed by atoms with Gasteiger partial charge in [0.15, 0.2) is 0 Å². The van der Waals surface area contributed by atoms with E-state index in [0.29, 0.717) is 13.2 Å². The van der Waals surface area contributed by atoms with E-state index in [1.807, 2.05) is 0 Å². The second-order valence-electron chi connectivity index (χ2n) is 7.60. The van der Waals surface area contributed by atoms with Crippen LogP contribution in [0.2, 0.25) is 0 Å². The van der Waals surface area contributed by atoms with Crippen LogP contribution in [-0.4, -0.2) is 19.4 Å². The summed E-state index contributed by atoms with van der Waals surface area (Å²) in [7, 11) is 0. The lowest BCUT2D eigenvalue weighted by molar-refractivity contribution is 0.0529. The highest BCUT2D eigenvalue weighted by Gasteiger charge is 2.03. The Balaban J connectivity index is 3.13. The molecule has 0 atom stereocenters. The molecule has 0 radical (unpaired) electrons. The first-order valence-corrected chi connectivity index (χ1v) is 11.6. The molecule has 0 aromatic rings. The van der Waals surface area contributed by atoms with Crippen LogP contribution in [0.3, 0.4) is 0 Å². The number of ether oxygens (including phenoxy) is 2. The van der Waals surface area contributed by atoms with Gasteiger partial charge in [-0.15, -0.1) is 0 Å². The topological polar surface area (TPSA) is 35.5 Å². The van der Waals surface area contributed by atoms with Gasteiger partial charge in [-0.1, -0.05) is 117 Å². The Morgan fingerprint density at radius 3 is 1.04 bits per heavy atom. The third-order valence-corrected chi connectivity index (χ3v) is 4.94. The Morgan fingerprint density at radius 1 is 0.462 bits per heavy atom. The zero-order valence-corrected chi connectivity index (χ0v) is 17.9. The van der Waals surface area contributed by atoms with Crippen molar-refractivity contribution in [3.8, 4) is 0 Å². The van der Waals surface area contributed by atoms with Crippen molar-refractivity contribution in [3.05, 3.63) is 0 Å². The Labute approximate surface area is 163 Å². The first-order chi connectivity index (χ1) is 12.8. The van der Waals surface area contributed by atoms with Crippen molar-refractivity contribution < 1.29 is 14.3 Å². The normalized spacial score (nSPS) is 10.8. The summed E-state index contributed by atoms with van der Waals surface area (Å²) in [5.74, 6) is 0. The van der Waals surface area contributed by atoms with E-state index in [1.54, 1.807) is 0 Å². The fourth-order valence-corrected chi connectivity index (χ4v) is 3.18. The molecule has 0 rings (SSSR count). The van der Waals surface area contributed by atoms with Crippen LogP contribution >= 0.6 is 0 Å². The molecule has 0 heterocycles. The standard InChI is InChI=1S/C23H46O3/c1-3-5-7-9-11-13-14-16-18-20-22-26-23(24)25-21-19-17-15-12-10-8-6-4-2/h3-22H2,1-2H3. The van der Waals surface area contributed by atoms with Crippen LogP contribution in [0.15, 0.2) is 0 Å². The fraction of sp³-hybridized carbons (Fsp3) is 0.957. The Morgan fingerprint density at radius 2 is 0.731 bits per heavy atom. The maximum absolute atomic E-state index is 11.5.